The lowest BCUT2D eigenvalue weighted by molar-refractivity contribution is 0.538. The summed E-state index contributed by atoms with van der Waals surface area (Å²) in [5.74, 6) is 1.41. The van der Waals surface area contributed by atoms with E-state index < -0.39 is 0 Å². The van der Waals surface area contributed by atoms with Gasteiger partial charge in [0.15, 0.2) is 15.3 Å². The lowest BCUT2D eigenvalue weighted by Crippen LogP contribution is -2.23. The van der Waals surface area contributed by atoms with Crippen molar-refractivity contribution in [3.05, 3.63) is 80.9 Å². The molecule has 0 spiro atoms. The fourth-order valence-corrected chi connectivity index (χ4v) is 8.52. The van der Waals surface area contributed by atoms with Gasteiger partial charge < -0.3 is 27.2 Å². The van der Waals surface area contributed by atoms with Crippen molar-refractivity contribution in [1.82, 2.24) is 36.2 Å². The van der Waals surface area contributed by atoms with Gasteiger partial charge in [-0.15, -0.1) is 0 Å². The molecule has 0 unspecified atom stereocenters. The number of aromatic amines is 2. The van der Waals surface area contributed by atoms with Gasteiger partial charge in [-0.2, -0.15) is 15.3 Å². The maximum absolute atomic E-state index is 5.58. The van der Waals surface area contributed by atoms with Gasteiger partial charge >= 0.3 is 0 Å². The van der Waals surface area contributed by atoms with Gasteiger partial charge in [0, 0.05) is 57.4 Å². The number of hydrogen-bond acceptors (Lipinski definition) is 8. The molecule has 0 aliphatic carbocycles. The molecular formula is C50H69N13S3. The van der Waals surface area contributed by atoms with Crippen molar-refractivity contribution in [2.75, 3.05) is 0 Å². The number of H-pyrrole nitrogens is 2. The number of hydrogen-bond donors (Lipinski definition) is 8. The van der Waals surface area contributed by atoms with E-state index in [1.165, 1.54) is 22.3 Å². The third-order valence-corrected chi connectivity index (χ3v) is 12.0. The zero-order valence-corrected chi connectivity index (χ0v) is 41.9. The second-order valence-corrected chi connectivity index (χ2v) is 19.4. The SMILES string of the molecule is CC(C)=CCC[C@@H](C)Cc1c2ccc([nH]2)c(C[C@H](C)CC/C=N/NC(N)=S)c2nc(c(C[C@H](C)CC/C=N/NC(N)=S)c3nc(c(C[C@H](C)CC/C=N/NC(N)=S)c4ccc1[nH]4)C=C3)C=C2. The first kappa shape index (κ1) is 51.4. The lowest BCUT2D eigenvalue weighted by atomic mass is 9.95. The van der Waals surface area contributed by atoms with E-state index in [1.54, 1.807) is 0 Å². The molecule has 13 nitrogen and oxygen atoms in total. The molecule has 352 valence electrons. The normalized spacial score (nSPS) is 14.2. The summed E-state index contributed by atoms with van der Waals surface area (Å²) < 4.78 is 0. The highest BCUT2D eigenvalue weighted by Crippen LogP contribution is 2.32. The van der Waals surface area contributed by atoms with Gasteiger partial charge in [-0.3, -0.25) is 16.3 Å². The van der Waals surface area contributed by atoms with Gasteiger partial charge in [-0.25, -0.2) is 9.97 Å². The summed E-state index contributed by atoms with van der Waals surface area (Å²) in [5, 5.41) is 13.0. The maximum Gasteiger partial charge on any atom is 0.184 e. The largest absolute Gasteiger partial charge is 0.375 e. The second kappa shape index (κ2) is 25.9. The van der Waals surface area contributed by atoms with Crippen molar-refractivity contribution >= 4 is 117 Å². The molecule has 16 heteroatoms. The Hall–Kier alpha value is -5.58. The van der Waals surface area contributed by atoms with Crippen molar-refractivity contribution < 1.29 is 0 Å². The molecule has 4 atom stereocenters. The highest BCUT2D eigenvalue weighted by Gasteiger charge is 2.20. The Morgan fingerprint density at radius 1 is 0.515 bits per heavy atom. The van der Waals surface area contributed by atoms with Gasteiger partial charge in [0.05, 0.1) is 22.8 Å². The molecule has 5 rings (SSSR count). The highest BCUT2D eigenvalue weighted by atomic mass is 32.1. The van der Waals surface area contributed by atoms with Crippen LogP contribution >= 0.6 is 36.7 Å². The number of nitrogens with one attached hydrogen (secondary N) is 5. The van der Waals surface area contributed by atoms with Crippen LogP contribution in [0.1, 0.15) is 138 Å². The van der Waals surface area contributed by atoms with E-state index in [-0.39, 0.29) is 15.3 Å². The first-order valence-corrected chi connectivity index (χ1v) is 24.3. The maximum atomic E-state index is 5.58. The molecule has 0 fully saturated rings. The molecule has 0 saturated carbocycles. The molecular weight excluding hydrogens is 879 g/mol. The van der Waals surface area contributed by atoms with Crippen LogP contribution in [0.2, 0.25) is 0 Å². The Kier molecular flexibility index (Phi) is 20.2. The minimum Gasteiger partial charge on any atom is -0.375 e. The van der Waals surface area contributed by atoms with Crippen molar-refractivity contribution in [3.8, 4) is 0 Å². The molecule has 8 bridgehead atoms. The third kappa shape index (κ3) is 16.4. The van der Waals surface area contributed by atoms with Crippen LogP contribution in [0.25, 0.3) is 46.4 Å². The zero-order chi connectivity index (χ0) is 47.6. The van der Waals surface area contributed by atoms with Gasteiger partial charge in [0.2, 0.25) is 0 Å². The number of nitrogens with two attached hydrogens (primary N) is 3. The molecule has 11 N–H and O–H groups in total. The van der Waals surface area contributed by atoms with Crippen molar-refractivity contribution in [2.24, 2.45) is 56.2 Å². The standard InChI is InChI=1S/C50H69N13S3/c1-31(2)11-7-12-32(3)27-36-40-16-18-42(57-40)37(28-33(4)13-8-24-54-61-48(51)64)44-20-22-46(59-44)39(30-35(6)15-10-26-56-63-50(53)66)47-23-21-45(60-47)38(43-19-17-41(36)58-43)29-34(5)14-9-25-55-62-49(52)65/h11,16-26,32-35,57-58H,7-10,12-15,27-30H2,1-6H3,(H3,51,61,64)(H3,52,62,65)(H3,53,63,66)/b40-36?,41-36?,42-37?,43-38?,44-37?,45-38?,46-39?,47-39?,54-24+,55-25+,56-26+/t32-,33-,34-,35-/m1/s1. The summed E-state index contributed by atoms with van der Waals surface area (Å²) in [6, 6.07) is 8.97. The van der Waals surface area contributed by atoms with Crippen LogP contribution in [0.5, 0.6) is 0 Å². The topological polar surface area (TPSA) is 209 Å². The smallest absolute Gasteiger partial charge is 0.184 e. The first-order valence-electron chi connectivity index (χ1n) is 23.1. The molecule has 3 aromatic heterocycles. The average Bonchev–Trinajstić information content (AvgIpc) is 4.10. The number of nitrogens with zero attached hydrogens (tertiary/aromatic N) is 5. The molecule has 5 heterocycles. The molecule has 0 amide bonds. The molecule has 0 aromatic carbocycles. The summed E-state index contributed by atoms with van der Waals surface area (Å²) in [7, 11) is 0. The number of aromatic nitrogens is 4. The molecule has 0 saturated heterocycles. The van der Waals surface area contributed by atoms with E-state index in [1.807, 2.05) is 18.6 Å². The predicted octanol–water partition coefficient (Wildman–Crippen LogP) is 9.91. The molecule has 2 aliphatic heterocycles. The van der Waals surface area contributed by atoms with Crippen molar-refractivity contribution in [1.29, 1.82) is 0 Å². The van der Waals surface area contributed by atoms with E-state index in [0.717, 1.165) is 127 Å². The number of fused-ring (bicyclic) bond motifs is 8. The number of thiocarbonyl (C=S) groups is 3. The van der Waals surface area contributed by atoms with Crippen LogP contribution < -0.4 is 33.5 Å². The quantitative estimate of drug-likeness (QED) is 0.0134. The first-order chi connectivity index (χ1) is 31.7. The summed E-state index contributed by atoms with van der Waals surface area (Å²) in [6.45, 7) is 13.5. The highest BCUT2D eigenvalue weighted by molar-refractivity contribution is 7.80. The Morgan fingerprint density at radius 2 is 0.818 bits per heavy atom. The Bertz CT molecular complexity index is 2390. The fraction of sp³-hybridized carbons (Fsp3) is 0.440. The minimum absolute atomic E-state index is 0.149. The fourth-order valence-electron chi connectivity index (χ4n) is 8.36. The van der Waals surface area contributed by atoms with Crippen LogP contribution in [0, 0.1) is 23.7 Å². The van der Waals surface area contributed by atoms with Gasteiger partial charge in [-0.05, 0) is 205 Å². The van der Waals surface area contributed by atoms with E-state index in [0.29, 0.717) is 23.7 Å². The van der Waals surface area contributed by atoms with E-state index >= 15 is 0 Å². The second-order valence-electron chi connectivity index (χ2n) is 18.1. The summed E-state index contributed by atoms with van der Waals surface area (Å²) >= 11 is 14.8. The van der Waals surface area contributed by atoms with Gasteiger partial charge in [0.1, 0.15) is 0 Å². The molecule has 2 aliphatic rings. The third-order valence-electron chi connectivity index (χ3n) is 11.8. The van der Waals surface area contributed by atoms with Gasteiger partial charge in [0.25, 0.3) is 0 Å². The Labute approximate surface area is 406 Å². The summed E-state index contributed by atoms with van der Waals surface area (Å²) in [6.07, 6.45) is 27.1. The predicted molar refractivity (Wildman–Crippen MR) is 292 cm³/mol. The van der Waals surface area contributed by atoms with E-state index in [2.05, 4.69) is 138 Å². The van der Waals surface area contributed by atoms with Crippen molar-refractivity contribution in [2.45, 2.75) is 119 Å². The monoisotopic (exact) mass is 947 g/mol. The van der Waals surface area contributed by atoms with E-state index in [4.69, 9.17) is 63.8 Å². The summed E-state index contributed by atoms with van der Waals surface area (Å²) in [5.41, 5.74) is 39.0. The van der Waals surface area contributed by atoms with Gasteiger partial charge in [-0.1, -0.05) is 39.3 Å². The van der Waals surface area contributed by atoms with Crippen LogP contribution in [0.4, 0.5) is 0 Å². The lowest BCUT2D eigenvalue weighted by Gasteiger charge is -2.13. The number of hydrazone groups is 3. The average molecular weight is 948 g/mol. The summed E-state index contributed by atoms with van der Waals surface area (Å²) in [4.78, 5) is 18.8. The zero-order valence-electron chi connectivity index (χ0n) is 39.4. The van der Waals surface area contributed by atoms with E-state index in [9.17, 15) is 0 Å². The van der Waals surface area contributed by atoms with Crippen LogP contribution in [-0.4, -0.2) is 53.9 Å². The van der Waals surface area contributed by atoms with Crippen molar-refractivity contribution in [3.63, 3.8) is 0 Å². The number of rotatable bonds is 23. The Morgan fingerprint density at radius 3 is 1.17 bits per heavy atom. The van der Waals surface area contributed by atoms with Crippen LogP contribution in [0.15, 0.2) is 51.2 Å². The Balaban J connectivity index is 1.71. The van der Waals surface area contributed by atoms with Crippen LogP contribution in [0.3, 0.4) is 0 Å². The van der Waals surface area contributed by atoms with Crippen LogP contribution in [-0.2, 0) is 25.7 Å². The molecule has 0 radical (unpaired) electrons. The number of allylic oxidation sites excluding steroid dienone is 2. The molecule has 3 aromatic rings. The minimum atomic E-state index is 0.149. The molecule has 66 heavy (non-hydrogen) atoms.